The van der Waals surface area contributed by atoms with Gasteiger partial charge in [0.25, 0.3) is 0 Å². The molecule has 1 N–H and O–H groups in total. The zero-order valence-corrected chi connectivity index (χ0v) is 11.2. The monoisotopic (exact) mass is 271 g/mol. The topological polar surface area (TPSA) is 21.3 Å². The van der Waals surface area contributed by atoms with Crippen LogP contribution >= 0.6 is 11.6 Å². The lowest BCUT2D eigenvalue weighted by molar-refractivity contribution is 0.101. The van der Waals surface area contributed by atoms with E-state index in [2.05, 4.69) is 5.32 Å². The van der Waals surface area contributed by atoms with Crippen LogP contribution in [0, 0.1) is 11.7 Å². The van der Waals surface area contributed by atoms with Crippen LogP contribution in [0.25, 0.3) is 0 Å². The highest BCUT2D eigenvalue weighted by Gasteiger charge is 2.12. The molecular weight excluding hydrogens is 253 g/mol. The van der Waals surface area contributed by atoms with E-state index in [0.717, 1.165) is 19.5 Å². The Morgan fingerprint density at radius 2 is 2.33 bits per heavy atom. The highest BCUT2D eigenvalue weighted by Crippen LogP contribution is 2.17. The van der Waals surface area contributed by atoms with Crippen molar-refractivity contribution in [1.29, 1.82) is 0 Å². The molecule has 0 radical (unpaired) electrons. The fourth-order valence-corrected chi connectivity index (χ4v) is 2.45. The van der Waals surface area contributed by atoms with Gasteiger partial charge in [0.05, 0.1) is 6.61 Å². The lowest BCUT2D eigenvalue weighted by Crippen LogP contribution is -2.30. The van der Waals surface area contributed by atoms with Crippen molar-refractivity contribution in [1.82, 2.24) is 5.32 Å². The smallest absolute Gasteiger partial charge is 0.128 e. The summed E-state index contributed by atoms with van der Waals surface area (Å²) in [5, 5.41) is 3.92. The third-order valence-corrected chi connectivity index (χ3v) is 3.57. The minimum absolute atomic E-state index is 0.251. The lowest BCUT2D eigenvalue weighted by Gasteiger charge is -2.22. The third kappa shape index (κ3) is 4.23. The summed E-state index contributed by atoms with van der Waals surface area (Å²) >= 11 is 5.82. The Hall–Kier alpha value is -0.640. The van der Waals surface area contributed by atoms with Gasteiger partial charge < -0.3 is 10.1 Å². The zero-order valence-electron chi connectivity index (χ0n) is 10.4. The summed E-state index contributed by atoms with van der Waals surface area (Å²) in [5.74, 6) is 0.446. The van der Waals surface area contributed by atoms with Crippen LogP contribution in [-0.4, -0.2) is 19.7 Å². The van der Waals surface area contributed by atoms with Gasteiger partial charge in [-0.25, -0.2) is 4.39 Å². The van der Waals surface area contributed by atoms with Crippen molar-refractivity contribution in [2.45, 2.75) is 25.9 Å². The van der Waals surface area contributed by atoms with Crippen LogP contribution in [0.1, 0.15) is 24.8 Å². The number of piperidine rings is 1. The van der Waals surface area contributed by atoms with E-state index in [0.29, 0.717) is 29.7 Å². The summed E-state index contributed by atoms with van der Waals surface area (Å²) < 4.78 is 18.9. The highest BCUT2D eigenvalue weighted by atomic mass is 35.5. The van der Waals surface area contributed by atoms with Crippen molar-refractivity contribution >= 4 is 11.6 Å². The van der Waals surface area contributed by atoms with Gasteiger partial charge in [-0.15, -0.1) is 0 Å². The molecule has 2 nitrogen and oxygen atoms in total. The first kappa shape index (κ1) is 13.8. The van der Waals surface area contributed by atoms with Crippen LogP contribution in [0.15, 0.2) is 18.2 Å². The first-order valence-electron chi connectivity index (χ1n) is 6.48. The molecule has 1 aromatic rings. The van der Waals surface area contributed by atoms with E-state index >= 15 is 0 Å². The van der Waals surface area contributed by atoms with Crippen LogP contribution in [-0.2, 0) is 11.3 Å². The van der Waals surface area contributed by atoms with Crippen LogP contribution in [0.2, 0.25) is 5.02 Å². The van der Waals surface area contributed by atoms with Gasteiger partial charge in [0.2, 0.25) is 0 Å². The second-order valence-electron chi connectivity index (χ2n) is 4.79. The molecule has 4 heteroatoms. The minimum atomic E-state index is -0.251. The van der Waals surface area contributed by atoms with E-state index in [1.807, 2.05) is 0 Å². The summed E-state index contributed by atoms with van der Waals surface area (Å²) in [6.45, 7) is 3.19. The third-order valence-electron chi connectivity index (χ3n) is 3.33. The van der Waals surface area contributed by atoms with Gasteiger partial charge in [0.1, 0.15) is 5.82 Å². The molecule has 100 valence electrons. The fourth-order valence-electron chi connectivity index (χ4n) is 2.26. The molecule has 0 saturated carbocycles. The SMILES string of the molecule is Fc1ccc(Cl)cc1COCCC1CCCNC1. The lowest BCUT2D eigenvalue weighted by atomic mass is 9.97. The maximum atomic E-state index is 13.4. The van der Waals surface area contributed by atoms with Crippen LogP contribution in [0.3, 0.4) is 0 Å². The average molecular weight is 272 g/mol. The number of nitrogens with one attached hydrogen (secondary N) is 1. The molecule has 2 rings (SSSR count). The molecule has 1 aliphatic rings. The molecule has 18 heavy (non-hydrogen) atoms. The van der Waals surface area contributed by atoms with E-state index in [9.17, 15) is 4.39 Å². The van der Waals surface area contributed by atoms with Crippen molar-refractivity contribution in [2.24, 2.45) is 5.92 Å². The summed E-state index contributed by atoms with van der Waals surface area (Å²) in [7, 11) is 0. The number of rotatable bonds is 5. The Bertz CT molecular complexity index is 380. The number of halogens is 2. The first-order valence-corrected chi connectivity index (χ1v) is 6.86. The molecule has 0 aliphatic carbocycles. The number of hydrogen-bond donors (Lipinski definition) is 1. The van der Waals surface area contributed by atoms with Gasteiger partial charge in [-0.1, -0.05) is 11.6 Å². The molecule has 1 unspecified atom stereocenters. The molecule has 1 aromatic carbocycles. The fraction of sp³-hybridized carbons (Fsp3) is 0.571. The molecule has 1 aliphatic heterocycles. The van der Waals surface area contributed by atoms with E-state index in [4.69, 9.17) is 16.3 Å². The van der Waals surface area contributed by atoms with Gasteiger partial charge in [-0.3, -0.25) is 0 Å². The Morgan fingerprint density at radius 3 is 3.11 bits per heavy atom. The number of benzene rings is 1. The predicted molar refractivity (Wildman–Crippen MR) is 71.3 cm³/mol. The molecule has 0 aromatic heterocycles. The van der Waals surface area contributed by atoms with Gasteiger partial charge in [-0.2, -0.15) is 0 Å². The Labute approximate surface area is 112 Å². The van der Waals surface area contributed by atoms with E-state index < -0.39 is 0 Å². The summed E-state index contributed by atoms with van der Waals surface area (Å²) in [6.07, 6.45) is 3.55. The molecule has 1 fully saturated rings. The molecule has 0 amide bonds. The van der Waals surface area contributed by atoms with E-state index in [1.165, 1.54) is 18.9 Å². The van der Waals surface area contributed by atoms with Crippen molar-refractivity contribution in [3.05, 3.63) is 34.6 Å². The van der Waals surface area contributed by atoms with Crippen LogP contribution in [0.5, 0.6) is 0 Å². The minimum Gasteiger partial charge on any atom is -0.377 e. The summed E-state index contributed by atoms with van der Waals surface area (Å²) in [4.78, 5) is 0. The zero-order chi connectivity index (χ0) is 12.8. The van der Waals surface area contributed by atoms with E-state index in [-0.39, 0.29) is 5.82 Å². The second-order valence-corrected chi connectivity index (χ2v) is 5.23. The van der Waals surface area contributed by atoms with Crippen molar-refractivity contribution in [3.8, 4) is 0 Å². The molecule has 0 spiro atoms. The maximum absolute atomic E-state index is 13.4. The van der Waals surface area contributed by atoms with Gasteiger partial charge in [0.15, 0.2) is 0 Å². The van der Waals surface area contributed by atoms with Crippen molar-refractivity contribution in [2.75, 3.05) is 19.7 Å². The Kier molecular flexibility index (Phi) is 5.42. The molecule has 1 atom stereocenters. The first-order chi connectivity index (χ1) is 8.75. The normalized spacial score (nSPS) is 20.0. The molecule has 1 saturated heterocycles. The quantitative estimate of drug-likeness (QED) is 0.829. The second kappa shape index (κ2) is 7.07. The molecule has 0 bridgehead atoms. The van der Waals surface area contributed by atoms with Crippen LogP contribution < -0.4 is 5.32 Å². The van der Waals surface area contributed by atoms with Crippen LogP contribution in [0.4, 0.5) is 4.39 Å². The maximum Gasteiger partial charge on any atom is 0.128 e. The van der Waals surface area contributed by atoms with Crippen molar-refractivity contribution < 1.29 is 9.13 Å². The number of hydrogen-bond acceptors (Lipinski definition) is 2. The molecule has 1 heterocycles. The standard InChI is InChI=1S/C14H19ClFNO/c15-13-3-4-14(16)12(8-13)10-18-7-5-11-2-1-6-17-9-11/h3-4,8,11,17H,1-2,5-7,9-10H2. The highest BCUT2D eigenvalue weighted by molar-refractivity contribution is 6.30. The Balaban J connectivity index is 1.69. The van der Waals surface area contributed by atoms with E-state index in [1.54, 1.807) is 12.1 Å². The molecular formula is C14H19ClFNO. The average Bonchev–Trinajstić information content (AvgIpc) is 2.40. The Morgan fingerprint density at radius 1 is 1.44 bits per heavy atom. The number of ether oxygens (including phenoxy) is 1. The van der Waals surface area contributed by atoms with Crippen molar-refractivity contribution in [3.63, 3.8) is 0 Å². The summed E-state index contributed by atoms with van der Waals surface area (Å²) in [6, 6.07) is 4.55. The van der Waals surface area contributed by atoms with Gasteiger partial charge >= 0.3 is 0 Å². The summed E-state index contributed by atoms with van der Waals surface area (Å²) in [5.41, 5.74) is 0.532. The van der Waals surface area contributed by atoms with Gasteiger partial charge in [0, 0.05) is 17.2 Å². The largest absolute Gasteiger partial charge is 0.377 e. The van der Waals surface area contributed by atoms with Gasteiger partial charge in [-0.05, 0) is 56.5 Å². The predicted octanol–water partition coefficient (Wildman–Crippen LogP) is 3.39.